The van der Waals surface area contributed by atoms with E-state index in [0.717, 1.165) is 6.42 Å². The molecule has 0 amide bonds. The zero-order chi connectivity index (χ0) is 18.8. The molecule has 1 aliphatic heterocycles. The molecule has 0 aromatic rings. The van der Waals surface area contributed by atoms with Crippen LogP contribution in [0, 0.1) is 11.3 Å². The summed E-state index contributed by atoms with van der Waals surface area (Å²) >= 11 is 0. The molecule has 0 bridgehead atoms. The second kappa shape index (κ2) is 5.40. The van der Waals surface area contributed by atoms with Crippen molar-refractivity contribution < 1.29 is 24.2 Å². The third-order valence-electron chi connectivity index (χ3n) is 7.05. The van der Waals surface area contributed by atoms with Gasteiger partial charge in [-0.05, 0) is 59.3 Å². The van der Waals surface area contributed by atoms with Crippen molar-refractivity contribution in [2.75, 3.05) is 0 Å². The van der Waals surface area contributed by atoms with Crippen molar-refractivity contribution in [1.82, 2.24) is 0 Å². The molecule has 0 aromatic heterocycles. The van der Waals surface area contributed by atoms with E-state index < -0.39 is 22.9 Å². The maximum atomic E-state index is 12.8. The molecule has 2 saturated carbocycles. The van der Waals surface area contributed by atoms with E-state index in [4.69, 9.17) is 9.47 Å². The Morgan fingerprint density at radius 1 is 1.32 bits per heavy atom. The minimum absolute atomic E-state index is 0.146. The monoisotopic (exact) mass is 350 g/mol. The number of rotatable bonds is 2. The molecule has 0 radical (unpaired) electrons. The van der Waals surface area contributed by atoms with Gasteiger partial charge in [-0.3, -0.25) is 4.79 Å². The van der Waals surface area contributed by atoms with Crippen molar-refractivity contribution in [3.8, 4) is 0 Å². The Bertz CT molecular complexity index is 646. The van der Waals surface area contributed by atoms with Gasteiger partial charge in [0.15, 0.2) is 11.4 Å². The van der Waals surface area contributed by atoms with E-state index >= 15 is 0 Å². The fourth-order valence-corrected chi connectivity index (χ4v) is 5.04. The number of epoxide rings is 1. The van der Waals surface area contributed by atoms with Crippen LogP contribution in [0.15, 0.2) is 11.6 Å². The smallest absolute Gasteiger partial charge is 0.333 e. The van der Waals surface area contributed by atoms with Gasteiger partial charge in [0, 0.05) is 17.9 Å². The van der Waals surface area contributed by atoms with E-state index in [2.05, 4.69) is 6.92 Å². The number of ether oxygens (including phenoxy) is 2. The highest BCUT2D eigenvalue weighted by Crippen LogP contribution is 2.64. The van der Waals surface area contributed by atoms with Gasteiger partial charge in [0.25, 0.3) is 0 Å². The predicted molar refractivity (Wildman–Crippen MR) is 92.9 cm³/mol. The fraction of sp³-hybridized carbons (Fsp3) is 0.800. The number of allylic oxidation sites excluding steroid dienone is 1. The summed E-state index contributed by atoms with van der Waals surface area (Å²) in [5, 5.41) is 11.4. The van der Waals surface area contributed by atoms with Gasteiger partial charge in [-0.25, -0.2) is 4.79 Å². The average molecular weight is 350 g/mol. The normalized spacial score (nSPS) is 45.9. The van der Waals surface area contributed by atoms with Crippen LogP contribution >= 0.6 is 0 Å². The third-order valence-corrected chi connectivity index (χ3v) is 7.05. The van der Waals surface area contributed by atoms with Gasteiger partial charge in [-0.1, -0.05) is 13.0 Å². The van der Waals surface area contributed by atoms with E-state index in [1.54, 1.807) is 26.8 Å². The Morgan fingerprint density at radius 3 is 2.44 bits per heavy atom. The van der Waals surface area contributed by atoms with Crippen molar-refractivity contribution in [1.29, 1.82) is 0 Å². The highest BCUT2D eigenvalue weighted by Gasteiger charge is 2.74. The van der Waals surface area contributed by atoms with E-state index in [1.807, 2.05) is 13.8 Å². The number of esters is 1. The minimum Gasteiger partial charge on any atom is -0.456 e. The van der Waals surface area contributed by atoms with Crippen LogP contribution in [0.3, 0.4) is 0 Å². The van der Waals surface area contributed by atoms with E-state index in [9.17, 15) is 14.7 Å². The second-order valence-corrected chi connectivity index (χ2v) is 9.08. The highest BCUT2D eigenvalue weighted by molar-refractivity contribution is 5.93. The van der Waals surface area contributed by atoms with Crippen molar-refractivity contribution in [2.24, 2.45) is 11.3 Å². The molecule has 25 heavy (non-hydrogen) atoms. The topological polar surface area (TPSA) is 76.1 Å². The maximum Gasteiger partial charge on any atom is 0.333 e. The molecule has 0 unspecified atom stereocenters. The molecule has 5 nitrogen and oxygen atoms in total. The molecule has 1 heterocycles. The average Bonchev–Trinajstić information content (AvgIpc) is 3.07. The summed E-state index contributed by atoms with van der Waals surface area (Å²) in [4.78, 5) is 24.9. The van der Waals surface area contributed by atoms with Crippen LogP contribution in [0.5, 0.6) is 0 Å². The van der Waals surface area contributed by atoms with Gasteiger partial charge in [0.1, 0.15) is 17.3 Å². The van der Waals surface area contributed by atoms with Gasteiger partial charge < -0.3 is 14.6 Å². The lowest BCUT2D eigenvalue weighted by Gasteiger charge is -2.55. The van der Waals surface area contributed by atoms with E-state index in [0.29, 0.717) is 24.8 Å². The van der Waals surface area contributed by atoms with E-state index in [1.165, 1.54) is 0 Å². The molecule has 3 rings (SSSR count). The maximum absolute atomic E-state index is 12.8. The van der Waals surface area contributed by atoms with Crippen molar-refractivity contribution >= 4 is 11.8 Å². The Kier molecular flexibility index (Phi) is 4.01. The van der Waals surface area contributed by atoms with E-state index in [-0.39, 0.29) is 23.1 Å². The van der Waals surface area contributed by atoms with Crippen LogP contribution in [-0.4, -0.2) is 39.8 Å². The molecule has 3 fully saturated rings. The highest BCUT2D eigenvalue weighted by atomic mass is 16.6. The number of hydrogen-bond acceptors (Lipinski definition) is 5. The first-order valence-electron chi connectivity index (χ1n) is 9.19. The fourth-order valence-electron chi connectivity index (χ4n) is 5.04. The van der Waals surface area contributed by atoms with Crippen molar-refractivity contribution in [3.63, 3.8) is 0 Å². The SMILES string of the molecule is C/C=C(/C)C(=O)O[C@H]1CC[C@]2(C)CC(=O)[C@]3(C[C@H]2[C@]1(C)O)OC3(C)C. The molecule has 1 N–H and O–H groups in total. The first-order valence-corrected chi connectivity index (χ1v) is 9.19. The number of hydrogen-bond donors (Lipinski definition) is 1. The molecule has 5 atom stereocenters. The summed E-state index contributed by atoms with van der Waals surface area (Å²) in [6, 6.07) is 0. The van der Waals surface area contributed by atoms with Crippen LogP contribution in [0.2, 0.25) is 0 Å². The quantitative estimate of drug-likeness (QED) is 0.471. The number of fused-ring (bicyclic) bond motifs is 1. The second-order valence-electron chi connectivity index (χ2n) is 9.08. The Morgan fingerprint density at radius 2 is 1.92 bits per heavy atom. The van der Waals surface area contributed by atoms with Gasteiger partial charge in [-0.15, -0.1) is 0 Å². The number of carbonyl (C=O) groups is 2. The molecular weight excluding hydrogens is 320 g/mol. The number of ketones is 1. The summed E-state index contributed by atoms with van der Waals surface area (Å²) in [5.41, 5.74) is -2.20. The Balaban J connectivity index is 1.87. The Hall–Kier alpha value is -1.20. The lowest BCUT2D eigenvalue weighted by molar-refractivity contribution is -0.204. The first kappa shape index (κ1) is 18.6. The standard InChI is InChI=1S/C20H30O5/c1-7-12(2)16(22)24-15-8-9-18(5)11-14(21)20(17(3,4)25-20)10-13(18)19(15,6)23/h7,13,15,23H,8-11H2,1-6H3/b12-7-/t13-,15+,18-,19+,20+/m1/s1. The first-order chi connectivity index (χ1) is 11.4. The number of carbonyl (C=O) groups excluding carboxylic acids is 2. The summed E-state index contributed by atoms with van der Waals surface area (Å²) in [6.07, 6.45) is 3.35. The van der Waals surface area contributed by atoms with Gasteiger partial charge in [0.2, 0.25) is 0 Å². The summed E-state index contributed by atoms with van der Waals surface area (Å²) in [5.74, 6) is -0.398. The number of Topliss-reactive ketones (excluding diaryl/α,β-unsaturated/α-hetero) is 1. The van der Waals surface area contributed by atoms with Crippen LogP contribution in [-0.2, 0) is 19.1 Å². The summed E-state index contributed by atoms with van der Waals surface area (Å²) < 4.78 is 11.5. The van der Waals surface area contributed by atoms with Crippen LogP contribution in [0.1, 0.15) is 67.2 Å². The van der Waals surface area contributed by atoms with Crippen LogP contribution in [0.25, 0.3) is 0 Å². The molecule has 140 valence electrons. The zero-order valence-electron chi connectivity index (χ0n) is 16.1. The molecular formula is C20H30O5. The van der Waals surface area contributed by atoms with Gasteiger partial charge >= 0.3 is 5.97 Å². The summed E-state index contributed by atoms with van der Waals surface area (Å²) in [6.45, 7) is 11.2. The molecule has 1 saturated heterocycles. The predicted octanol–water partition coefficient (Wildman–Crippen LogP) is 2.94. The largest absolute Gasteiger partial charge is 0.456 e. The number of aliphatic hydroxyl groups is 1. The Labute approximate surface area is 149 Å². The van der Waals surface area contributed by atoms with Gasteiger partial charge in [-0.2, -0.15) is 0 Å². The zero-order valence-corrected chi connectivity index (χ0v) is 16.1. The van der Waals surface area contributed by atoms with Gasteiger partial charge in [0.05, 0.1) is 0 Å². The van der Waals surface area contributed by atoms with Crippen LogP contribution in [0.4, 0.5) is 0 Å². The van der Waals surface area contributed by atoms with Crippen molar-refractivity contribution in [2.45, 2.75) is 90.1 Å². The molecule has 0 aromatic carbocycles. The molecule has 5 heteroatoms. The third kappa shape index (κ3) is 2.58. The summed E-state index contributed by atoms with van der Waals surface area (Å²) in [7, 11) is 0. The lowest BCUT2D eigenvalue weighted by atomic mass is 9.51. The lowest BCUT2D eigenvalue weighted by Crippen LogP contribution is -2.62. The van der Waals surface area contributed by atoms with Crippen LogP contribution < -0.4 is 0 Å². The minimum atomic E-state index is -1.19. The molecule has 1 spiro atoms. The molecule has 2 aliphatic carbocycles. The molecule has 3 aliphatic rings. The van der Waals surface area contributed by atoms with Crippen molar-refractivity contribution in [3.05, 3.63) is 11.6 Å².